The summed E-state index contributed by atoms with van der Waals surface area (Å²) in [6.45, 7) is 4.82. The number of aromatic nitrogens is 1. The summed E-state index contributed by atoms with van der Waals surface area (Å²) < 4.78 is 2.62. The average Bonchev–Trinajstić information content (AvgIpc) is 3.15. The van der Waals surface area contributed by atoms with E-state index in [2.05, 4.69) is 6.58 Å². The van der Waals surface area contributed by atoms with Crippen LogP contribution in [0.5, 0.6) is 0 Å². The molecule has 0 aliphatic rings. The highest BCUT2D eigenvalue weighted by atomic mass is 35.5. The molecule has 0 radical (unpaired) electrons. The molecule has 2 aromatic heterocycles. The Hall–Kier alpha value is -2.89. The SMILES string of the molecule is C=CCN(Cc1ccc(Cl)s1)C(=O)Cn1c2ccccc2c(=O)c2ccccc21. The number of thiophene rings is 1. The highest BCUT2D eigenvalue weighted by Gasteiger charge is 2.18. The van der Waals surface area contributed by atoms with Gasteiger partial charge in [0.15, 0.2) is 5.43 Å². The molecule has 0 fully saturated rings. The first-order valence-corrected chi connectivity index (χ1v) is 10.4. The lowest BCUT2D eigenvalue weighted by molar-refractivity contribution is -0.131. The summed E-state index contributed by atoms with van der Waals surface area (Å²) in [7, 11) is 0. The highest BCUT2D eigenvalue weighted by molar-refractivity contribution is 7.16. The lowest BCUT2D eigenvalue weighted by Gasteiger charge is -2.23. The van der Waals surface area contributed by atoms with Gasteiger partial charge in [-0.25, -0.2) is 0 Å². The van der Waals surface area contributed by atoms with Gasteiger partial charge in [0.25, 0.3) is 0 Å². The van der Waals surface area contributed by atoms with Crippen LogP contribution in [0.3, 0.4) is 0 Å². The number of para-hydroxylation sites is 2. The first-order valence-electron chi connectivity index (χ1n) is 9.21. The first-order chi connectivity index (χ1) is 14.1. The van der Waals surface area contributed by atoms with Gasteiger partial charge in [0.2, 0.25) is 5.91 Å². The monoisotopic (exact) mass is 422 g/mol. The van der Waals surface area contributed by atoms with E-state index < -0.39 is 0 Å². The second-order valence-electron chi connectivity index (χ2n) is 6.72. The fourth-order valence-electron chi connectivity index (χ4n) is 3.52. The summed E-state index contributed by atoms with van der Waals surface area (Å²) in [5.74, 6) is -0.0478. The van der Waals surface area contributed by atoms with Gasteiger partial charge < -0.3 is 9.47 Å². The Morgan fingerprint density at radius 2 is 1.66 bits per heavy atom. The summed E-state index contributed by atoms with van der Waals surface area (Å²) in [6, 6.07) is 18.6. The summed E-state index contributed by atoms with van der Waals surface area (Å²) in [4.78, 5) is 28.9. The zero-order chi connectivity index (χ0) is 20.4. The number of amides is 1. The fraction of sp³-hybridized carbons (Fsp3) is 0.130. The van der Waals surface area contributed by atoms with Crippen LogP contribution in [0.1, 0.15) is 4.88 Å². The molecule has 0 saturated carbocycles. The maximum absolute atomic E-state index is 13.2. The number of benzene rings is 2. The minimum Gasteiger partial charge on any atom is -0.332 e. The van der Waals surface area contributed by atoms with Gasteiger partial charge in [-0.15, -0.1) is 17.9 Å². The predicted octanol–water partition coefficient (Wildman–Crippen LogP) is 5.08. The molecule has 0 atom stereocenters. The number of hydrogen-bond acceptors (Lipinski definition) is 3. The molecule has 2 heterocycles. The number of fused-ring (bicyclic) bond motifs is 2. The Morgan fingerprint density at radius 1 is 1.03 bits per heavy atom. The quantitative estimate of drug-likeness (QED) is 0.321. The summed E-state index contributed by atoms with van der Waals surface area (Å²) in [6.07, 6.45) is 1.72. The Kier molecular flexibility index (Phi) is 5.51. The van der Waals surface area contributed by atoms with E-state index in [1.54, 1.807) is 23.1 Å². The van der Waals surface area contributed by atoms with E-state index in [1.165, 1.54) is 11.3 Å². The van der Waals surface area contributed by atoms with Crippen LogP contribution in [0.2, 0.25) is 4.34 Å². The molecule has 0 spiro atoms. The number of rotatable bonds is 6. The summed E-state index contributed by atoms with van der Waals surface area (Å²) in [5, 5.41) is 1.22. The van der Waals surface area contributed by atoms with Gasteiger partial charge >= 0.3 is 0 Å². The van der Waals surface area contributed by atoms with Crippen molar-refractivity contribution in [3.05, 3.63) is 92.8 Å². The van der Waals surface area contributed by atoms with E-state index in [0.29, 0.717) is 28.2 Å². The molecule has 4 nitrogen and oxygen atoms in total. The molecule has 0 unspecified atom stereocenters. The Morgan fingerprint density at radius 3 is 2.21 bits per heavy atom. The van der Waals surface area contributed by atoms with Crippen LogP contribution in [0, 0.1) is 0 Å². The number of pyridine rings is 1. The van der Waals surface area contributed by atoms with Gasteiger partial charge in [0.05, 0.1) is 21.9 Å². The standard InChI is InChI=1S/C23H19ClN2O2S/c1-2-13-25(14-16-11-12-21(24)29-16)22(27)15-26-19-9-5-3-7-17(19)23(28)18-8-4-6-10-20(18)26/h2-12H,1,13-15H2. The lowest BCUT2D eigenvalue weighted by Crippen LogP contribution is -2.33. The molecule has 0 saturated heterocycles. The summed E-state index contributed by atoms with van der Waals surface area (Å²) in [5.41, 5.74) is 1.49. The molecule has 1 amide bonds. The molecule has 4 aromatic rings. The minimum atomic E-state index is -0.0478. The van der Waals surface area contributed by atoms with Crippen LogP contribution in [0.4, 0.5) is 0 Å². The van der Waals surface area contributed by atoms with Gasteiger partial charge in [-0.1, -0.05) is 41.9 Å². The van der Waals surface area contributed by atoms with E-state index in [0.717, 1.165) is 15.9 Å². The van der Waals surface area contributed by atoms with E-state index in [1.807, 2.05) is 53.1 Å². The molecule has 0 aliphatic carbocycles. The zero-order valence-electron chi connectivity index (χ0n) is 15.7. The van der Waals surface area contributed by atoms with Crippen LogP contribution in [-0.2, 0) is 17.9 Å². The Labute approximate surface area is 177 Å². The van der Waals surface area contributed by atoms with Gasteiger partial charge in [-0.3, -0.25) is 9.59 Å². The molecule has 0 aliphatic heterocycles. The van der Waals surface area contributed by atoms with Crippen LogP contribution in [-0.4, -0.2) is 21.9 Å². The van der Waals surface area contributed by atoms with Crippen LogP contribution in [0.25, 0.3) is 21.8 Å². The van der Waals surface area contributed by atoms with E-state index in [4.69, 9.17) is 11.6 Å². The normalized spacial score (nSPS) is 11.1. The molecule has 146 valence electrons. The maximum atomic E-state index is 13.2. The predicted molar refractivity (Wildman–Crippen MR) is 121 cm³/mol. The van der Waals surface area contributed by atoms with Crippen LogP contribution >= 0.6 is 22.9 Å². The Bertz CT molecular complexity index is 1210. The number of nitrogens with zero attached hydrogens (tertiary/aromatic N) is 2. The second kappa shape index (κ2) is 8.23. The van der Waals surface area contributed by atoms with Gasteiger partial charge in [0.1, 0.15) is 6.54 Å². The van der Waals surface area contributed by atoms with Crippen molar-refractivity contribution in [3.63, 3.8) is 0 Å². The molecule has 0 N–H and O–H groups in total. The third-order valence-electron chi connectivity index (χ3n) is 4.85. The lowest BCUT2D eigenvalue weighted by atomic mass is 10.1. The molecule has 29 heavy (non-hydrogen) atoms. The third-order valence-corrected chi connectivity index (χ3v) is 6.07. The molecule has 2 aromatic carbocycles. The van der Waals surface area contributed by atoms with E-state index >= 15 is 0 Å². The van der Waals surface area contributed by atoms with Crippen molar-refractivity contribution in [1.82, 2.24) is 9.47 Å². The Balaban J connectivity index is 1.77. The van der Waals surface area contributed by atoms with Crippen molar-refractivity contribution >= 4 is 50.7 Å². The van der Waals surface area contributed by atoms with Crippen LogP contribution < -0.4 is 5.43 Å². The highest BCUT2D eigenvalue weighted by Crippen LogP contribution is 2.24. The van der Waals surface area contributed by atoms with Crippen molar-refractivity contribution < 1.29 is 4.79 Å². The van der Waals surface area contributed by atoms with Gasteiger partial charge in [-0.2, -0.15) is 0 Å². The zero-order valence-corrected chi connectivity index (χ0v) is 17.2. The smallest absolute Gasteiger partial charge is 0.243 e. The molecule has 4 rings (SSSR count). The maximum Gasteiger partial charge on any atom is 0.243 e. The third kappa shape index (κ3) is 3.84. The van der Waals surface area contributed by atoms with Crippen molar-refractivity contribution in [1.29, 1.82) is 0 Å². The number of carbonyl (C=O) groups excluding carboxylic acids is 1. The molecule has 0 bridgehead atoms. The summed E-state index contributed by atoms with van der Waals surface area (Å²) >= 11 is 7.50. The average molecular weight is 423 g/mol. The van der Waals surface area contributed by atoms with Crippen molar-refractivity contribution in [2.75, 3.05) is 6.54 Å². The van der Waals surface area contributed by atoms with Crippen molar-refractivity contribution in [3.8, 4) is 0 Å². The van der Waals surface area contributed by atoms with E-state index in [-0.39, 0.29) is 17.9 Å². The fourth-order valence-corrected chi connectivity index (χ4v) is 4.62. The first kappa shape index (κ1) is 19.4. The van der Waals surface area contributed by atoms with Crippen LogP contribution in [0.15, 0.2) is 78.1 Å². The number of carbonyl (C=O) groups is 1. The largest absolute Gasteiger partial charge is 0.332 e. The number of halogens is 1. The second-order valence-corrected chi connectivity index (χ2v) is 8.52. The van der Waals surface area contributed by atoms with E-state index in [9.17, 15) is 9.59 Å². The molecular formula is C23H19ClN2O2S. The minimum absolute atomic E-state index is 0.0175. The molecule has 6 heteroatoms. The topological polar surface area (TPSA) is 42.3 Å². The molecular weight excluding hydrogens is 404 g/mol. The van der Waals surface area contributed by atoms with Crippen molar-refractivity contribution in [2.24, 2.45) is 0 Å². The van der Waals surface area contributed by atoms with Gasteiger partial charge in [-0.05, 0) is 36.4 Å². The van der Waals surface area contributed by atoms with Gasteiger partial charge in [0, 0.05) is 22.2 Å². The number of hydrogen-bond donors (Lipinski definition) is 0. The van der Waals surface area contributed by atoms with Crippen molar-refractivity contribution in [2.45, 2.75) is 13.1 Å².